The highest BCUT2D eigenvalue weighted by Gasteiger charge is 2.32. The molecule has 20 heavy (non-hydrogen) atoms. The lowest BCUT2D eigenvalue weighted by Gasteiger charge is -2.36. The average Bonchev–Trinajstić information content (AvgIpc) is 2.53. The normalized spacial score (nSPS) is 26.1. The highest BCUT2D eigenvalue weighted by Crippen LogP contribution is 2.33. The van der Waals surface area contributed by atoms with E-state index >= 15 is 0 Å². The Hall–Kier alpha value is -1.39. The summed E-state index contributed by atoms with van der Waals surface area (Å²) in [7, 11) is 0. The number of aryl methyl sites for hydroxylation is 1. The number of nitrogens with zero attached hydrogens (tertiary/aromatic N) is 1. The molecule has 1 amide bonds. The number of morpholine rings is 1. The summed E-state index contributed by atoms with van der Waals surface area (Å²) in [6.07, 6.45) is 3.14. The van der Waals surface area contributed by atoms with Crippen LogP contribution < -0.4 is 5.73 Å². The molecule has 1 heterocycles. The molecule has 0 radical (unpaired) electrons. The van der Waals surface area contributed by atoms with Gasteiger partial charge in [0.05, 0.1) is 18.6 Å². The third-order valence-corrected chi connectivity index (χ3v) is 4.38. The molecule has 1 aliphatic heterocycles. The molecule has 0 spiro atoms. The molecular weight excluding hydrogens is 252 g/mol. The van der Waals surface area contributed by atoms with E-state index in [9.17, 15) is 4.79 Å². The summed E-state index contributed by atoms with van der Waals surface area (Å²) in [6, 6.07) is 8.35. The smallest absolute Gasteiger partial charge is 0.230 e. The third-order valence-electron chi connectivity index (χ3n) is 4.38. The molecule has 2 atom stereocenters. The Morgan fingerprint density at radius 2 is 2.25 bits per heavy atom. The summed E-state index contributed by atoms with van der Waals surface area (Å²) in [5, 5.41) is 0. The van der Waals surface area contributed by atoms with Crippen molar-refractivity contribution in [1.29, 1.82) is 0 Å². The van der Waals surface area contributed by atoms with Crippen LogP contribution in [0, 0.1) is 0 Å². The summed E-state index contributed by atoms with van der Waals surface area (Å²) in [6.45, 7) is 2.40. The molecule has 2 aliphatic rings. The minimum absolute atomic E-state index is 0.00784. The molecule has 0 aromatic heterocycles. The van der Waals surface area contributed by atoms with Gasteiger partial charge in [-0.25, -0.2) is 0 Å². The summed E-state index contributed by atoms with van der Waals surface area (Å²) < 4.78 is 5.55. The fourth-order valence-electron chi connectivity index (χ4n) is 3.29. The van der Waals surface area contributed by atoms with Crippen LogP contribution in [0.15, 0.2) is 24.3 Å². The summed E-state index contributed by atoms with van der Waals surface area (Å²) >= 11 is 0. The van der Waals surface area contributed by atoms with Crippen molar-refractivity contribution in [3.63, 3.8) is 0 Å². The molecule has 4 nitrogen and oxygen atoms in total. The van der Waals surface area contributed by atoms with E-state index < -0.39 is 0 Å². The molecule has 1 fully saturated rings. The van der Waals surface area contributed by atoms with E-state index in [1.165, 1.54) is 11.1 Å². The number of hydrogen-bond donors (Lipinski definition) is 1. The Labute approximate surface area is 119 Å². The monoisotopic (exact) mass is 274 g/mol. The molecule has 1 aliphatic carbocycles. The van der Waals surface area contributed by atoms with Crippen molar-refractivity contribution in [3.05, 3.63) is 35.4 Å². The summed E-state index contributed by atoms with van der Waals surface area (Å²) in [5.74, 6) is 0.273. The van der Waals surface area contributed by atoms with Gasteiger partial charge in [0, 0.05) is 19.6 Å². The maximum Gasteiger partial charge on any atom is 0.230 e. The van der Waals surface area contributed by atoms with Gasteiger partial charge in [-0.2, -0.15) is 0 Å². The molecule has 3 rings (SSSR count). The van der Waals surface area contributed by atoms with E-state index in [1.807, 2.05) is 11.0 Å². The van der Waals surface area contributed by atoms with E-state index in [4.69, 9.17) is 10.5 Å². The van der Waals surface area contributed by atoms with Crippen LogP contribution in [0.25, 0.3) is 0 Å². The van der Waals surface area contributed by atoms with Crippen LogP contribution in [0.1, 0.15) is 29.9 Å². The molecule has 4 heteroatoms. The number of carbonyl (C=O) groups excluding carboxylic acids is 1. The second-order valence-electron chi connectivity index (χ2n) is 5.66. The Bertz CT molecular complexity index is 489. The predicted octanol–water partition coefficient (Wildman–Crippen LogP) is 1.29. The predicted molar refractivity (Wildman–Crippen MR) is 77.5 cm³/mol. The largest absolute Gasteiger partial charge is 0.373 e. The fraction of sp³-hybridized carbons (Fsp3) is 0.562. The third kappa shape index (κ3) is 2.58. The van der Waals surface area contributed by atoms with E-state index in [1.54, 1.807) is 0 Å². The van der Waals surface area contributed by atoms with Crippen LogP contribution in [-0.4, -0.2) is 43.2 Å². The first-order valence-corrected chi connectivity index (χ1v) is 7.48. The average molecular weight is 274 g/mol. The van der Waals surface area contributed by atoms with Gasteiger partial charge in [-0.1, -0.05) is 24.3 Å². The molecule has 1 aromatic carbocycles. The number of nitrogens with two attached hydrogens (primary N) is 1. The van der Waals surface area contributed by atoms with E-state index in [2.05, 4.69) is 18.2 Å². The Balaban J connectivity index is 1.78. The number of hydrogen-bond acceptors (Lipinski definition) is 3. The Kier molecular flexibility index (Phi) is 4.03. The van der Waals surface area contributed by atoms with Crippen molar-refractivity contribution in [1.82, 2.24) is 4.90 Å². The minimum atomic E-state index is -0.00784. The van der Waals surface area contributed by atoms with Crippen molar-refractivity contribution < 1.29 is 9.53 Å². The number of rotatable bonds is 2. The molecule has 1 saturated heterocycles. The minimum Gasteiger partial charge on any atom is -0.373 e. The molecule has 0 saturated carbocycles. The zero-order chi connectivity index (χ0) is 13.9. The van der Waals surface area contributed by atoms with Crippen LogP contribution in [0.5, 0.6) is 0 Å². The first-order valence-electron chi connectivity index (χ1n) is 7.48. The zero-order valence-corrected chi connectivity index (χ0v) is 11.8. The standard InChI is InChI=1S/C16H22N2O2/c17-10-13-11-18(8-9-20-13)16(19)15-7-3-5-12-4-1-2-6-14(12)15/h1-2,4,6,13,15H,3,5,7-11,17H2. The lowest BCUT2D eigenvalue weighted by atomic mass is 9.82. The van der Waals surface area contributed by atoms with Gasteiger partial charge in [-0.3, -0.25) is 4.79 Å². The second-order valence-corrected chi connectivity index (χ2v) is 5.66. The number of amides is 1. The van der Waals surface area contributed by atoms with Gasteiger partial charge < -0.3 is 15.4 Å². The van der Waals surface area contributed by atoms with Crippen LogP contribution in [0.2, 0.25) is 0 Å². The van der Waals surface area contributed by atoms with Gasteiger partial charge in [0.2, 0.25) is 5.91 Å². The van der Waals surface area contributed by atoms with Crippen molar-refractivity contribution in [2.75, 3.05) is 26.2 Å². The van der Waals surface area contributed by atoms with Gasteiger partial charge >= 0.3 is 0 Å². The molecular formula is C16H22N2O2. The first-order chi connectivity index (χ1) is 9.79. The number of ether oxygens (including phenoxy) is 1. The van der Waals surface area contributed by atoms with Gasteiger partial charge in [0.1, 0.15) is 0 Å². The maximum atomic E-state index is 12.8. The highest BCUT2D eigenvalue weighted by molar-refractivity contribution is 5.84. The molecule has 1 aromatic rings. The molecule has 2 unspecified atom stereocenters. The van der Waals surface area contributed by atoms with Gasteiger partial charge in [-0.05, 0) is 30.4 Å². The fourth-order valence-corrected chi connectivity index (χ4v) is 3.29. The highest BCUT2D eigenvalue weighted by atomic mass is 16.5. The lowest BCUT2D eigenvalue weighted by molar-refractivity contribution is -0.140. The molecule has 0 bridgehead atoms. The maximum absolute atomic E-state index is 12.8. The van der Waals surface area contributed by atoms with E-state index in [0.29, 0.717) is 26.2 Å². The Morgan fingerprint density at radius 1 is 1.40 bits per heavy atom. The van der Waals surface area contributed by atoms with Gasteiger partial charge in [0.25, 0.3) is 0 Å². The topological polar surface area (TPSA) is 55.6 Å². The number of benzene rings is 1. The molecule has 108 valence electrons. The van der Waals surface area contributed by atoms with Crippen LogP contribution in [-0.2, 0) is 16.0 Å². The van der Waals surface area contributed by atoms with Crippen LogP contribution in [0.4, 0.5) is 0 Å². The van der Waals surface area contributed by atoms with Crippen LogP contribution >= 0.6 is 0 Å². The number of carbonyl (C=O) groups is 1. The van der Waals surface area contributed by atoms with E-state index in [-0.39, 0.29) is 17.9 Å². The zero-order valence-electron chi connectivity index (χ0n) is 11.8. The first kappa shape index (κ1) is 13.6. The quantitative estimate of drug-likeness (QED) is 0.884. The number of fused-ring (bicyclic) bond motifs is 1. The van der Waals surface area contributed by atoms with Crippen molar-refractivity contribution in [2.45, 2.75) is 31.3 Å². The SMILES string of the molecule is NCC1CN(C(=O)C2CCCc3ccccc32)CCO1. The summed E-state index contributed by atoms with van der Waals surface area (Å²) in [4.78, 5) is 14.7. The second kappa shape index (κ2) is 5.94. The van der Waals surface area contributed by atoms with Crippen molar-refractivity contribution in [2.24, 2.45) is 5.73 Å². The van der Waals surface area contributed by atoms with Crippen LogP contribution in [0.3, 0.4) is 0 Å². The lowest BCUT2D eigenvalue weighted by Crippen LogP contribution is -2.49. The van der Waals surface area contributed by atoms with Gasteiger partial charge in [-0.15, -0.1) is 0 Å². The Morgan fingerprint density at radius 3 is 3.10 bits per heavy atom. The van der Waals surface area contributed by atoms with Crippen molar-refractivity contribution >= 4 is 5.91 Å². The van der Waals surface area contributed by atoms with Crippen molar-refractivity contribution in [3.8, 4) is 0 Å². The summed E-state index contributed by atoms with van der Waals surface area (Å²) in [5.41, 5.74) is 8.21. The van der Waals surface area contributed by atoms with Gasteiger partial charge in [0.15, 0.2) is 0 Å². The van der Waals surface area contributed by atoms with E-state index in [0.717, 1.165) is 19.3 Å². The molecule has 2 N–H and O–H groups in total.